The van der Waals surface area contributed by atoms with Crippen molar-refractivity contribution in [2.75, 3.05) is 18.4 Å². The normalized spacial score (nSPS) is 15.8. The molecule has 1 saturated heterocycles. The van der Waals surface area contributed by atoms with Gasteiger partial charge in [-0.15, -0.1) is 0 Å². The molecule has 0 spiro atoms. The van der Waals surface area contributed by atoms with Gasteiger partial charge >= 0.3 is 0 Å². The molecule has 0 atom stereocenters. The molecule has 1 fully saturated rings. The van der Waals surface area contributed by atoms with E-state index in [1.807, 2.05) is 6.07 Å². The first-order valence-electron chi connectivity index (χ1n) is 9.56. The Bertz CT molecular complexity index is 1060. The van der Waals surface area contributed by atoms with Crippen LogP contribution in [0.3, 0.4) is 0 Å². The molecular weight excluding hydrogens is 390 g/mol. The number of carbonyl (C=O) groups excluding carboxylic acids is 1. The lowest BCUT2D eigenvalue weighted by molar-refractivity contribution is -0.116. The summed E-state index contributed by atoms with van der Waals surface area (Å²) in [6, 6.07) is 8.61. The van der Waals surface area contributed by atoms with E-state index in [4.69, 9.17) is 5.26 Å². The van der Waals surface area contributed by atoms with Crippen LogP contribution in [0.15, 0.2) is 29.2 Å². The highest BCUT2D eigenvalue weighted by Crippen LogP contribution is 2.27. The van der Waals surface area contributed by atoms with Crippen molar-refractivity contribution in [1.82, 2.24) is 14.1 Å². The highest BCUT2D eigenvalue weighted by atomic mass is 32.2. The fraction of sp³-hybridized carbons (Fsp3) is 0.450. The number of anilines is 1. The number of hydrogen-bond acceptors (Lipinski definition) is 5. The van der Waals surface area contributed by atoms with Gasteiger partial charge in [0.1, 0.15) is 11.4 Å². The monoisotopic (exact) mass is 415 g/mol. The lowest BCUT2D eigenvalue weighted by Gasteiger charge is -2.29. The molecule has 29 heavy (non-hydrogen) atoms. The minimum atomic E-state index is -3.65. The van der Waals surface area contributed by atoms with Crippen LogP contribution in [0, 0.1) is 31.1 Å². The predicted molar refractivity (Wildman–Crippen MR) is 109 cm³/mol. The van der Waals surface area contributed by atoms with Gasteiger partial charge in [-0.2, -0.15) is 14.7 Å². The molecule has 9 heteroatoms. The quantitative estimate of drug-likeness (QED) is 0.807. The molecule has 0 bridgehead atoms. The maximum atomic E-state index is 13.1. The fourth-order valence-corrected chi connectivity index (χ4v) is 5.41. The van der Waals surface area contributed by atoms with Gasteiger partial charge in [0.15, 0.2) is 0 Å². The molecule has 0 saturated carbocycles. The van der Waals surface area contributed by atoms with Crippen LogP contribution in [0.5, 0.6) is 0 Å². The number of nitrogens with zero attached hydrogens (tertiary/aromatic N) is 4. The number of aryl methyl sites for hydroxylation is 1. The van der Waals surface area contributed by atoms with Crippen molar-refractivity contribution in [2.45, 2.75) is 45.1 Å². The van der Waals surface area contributed by atoms with E-state index in [1.54, 1.807) is 38.1 Å². The van der Waals surface area contributed by atoms with Crippen LogP contribution in [0.25, 0.3) is 0 Å². The molecule has 1 amide bonds. The molecule has 1 N–H and O–H groups in total. The third kappa shape index (κ3) is 4.49. The van der Waals surface area contributed by atoms with Gasteiger partial charge in [0, 0.05) is 18.8 Å². The van der Waals surface area contributed by atoms with E-state index in [1.165, 1.54) is 8.99 Å². The Balaban J connectivity index is 1.78. The largest absolute Gasteiger partial charge is 0.324 e. The van der Waals surface area contributed by atoms with E-state index in [9.17, 15) is 13.2 Å². The molecule has 1 aromatic heterocycles. The van der Waals surface area contributed by atoms with Crippen molar-refractivity contribution in [2.24, 2.45) is 5.92 Å². The Hall–Kier alpha value is -2.70. The minimum Gasteiger partial charge on any atom is -0.324 e. The summed E-state index contributed by atoms with van der Waals surface area (Å²) in [4.78, 5) is 12.6. The maximum absolute atomic E-state index is 13.1. The summed E-state index contributed by atoms with van der Waals surface area (Å²) < 4.78 is 29.2. The minimum absolute atomic E-state index is 0.115. The zero-order valence-electron chi connectivity index (χ0n) is 16.8. The summed E-state index contributed by atoms with van der Waals surface area (Å²) in [6.45, 7) is 6.34. The molecule has 2 heterocycles. The second-order valence-corrected chi connectivity index (χ2v) is 9.36. The fourth-order valence-electron chi connectivity index (χ4n) is 3.57. The van der Waals surface area contributed by atoms with Crippen molar-refractivity contribution in [3.05, 3.63) is 41.2 Å². The number of rotatable bonds is 5. The Morgan fingerprint density at radius 2 is 2.00 bits per heavy atom. The second kappa shape index (κ2) is 8.35. The molecule has 1 aromatic carbocycles. The third-order valence-corrected chi connectivity index (χ3v) is 7.38. The number of amides is 1. The molecule has 0 unspecified atom stereocenters. The Labute approximate surface area is 171 Å². The average molecular weight is 416 g/mol. The van der Waals surface area contributed by atoms with Gasteiger partial charge in [0.25, 0.3) is 0 Å². The zero-order chi connectivity index (χ0) is 21.2. The van der Waals surface area contributed by atoms with Gasteiger partial charge in [-0.3, -0.25) is 9.48 Å². The average Bonchev–Trinajstić information content (AvgIpc) is 2.95. The molecular formula is C20H25N5O3S. The van der Waals surface area contributed by atoms with E-state index in [0.717, 1.165) is 12.8 Å². The number of hydrogen-bond donors (Lipinski definition) is 1. The van der Waals surface area contributed by atoms with E-state index in [2.05, 4.69) is 17.3 Å². The number of aromatic nitrogens is 2. The van der Waals surface area contributed by atoms with Crippen LogP contribution in [-0.2, 0) is 21.4 Å². The van der Waals surface area contributed by atoms with Gasteiger partial charge < -0.3 is 5.32 Å². The number of benzene rings is 1. The van der Waals surface area contributed by atoms with Crippen molar-refractivity contribution in [3.8, 4) is 6.07 Å². The SMILES string of the molecule is Cc1nn(CC(=O)Nc2cccc(C#N)c2)c(C)c1S(=O)(=O)N1CCC(C)CC1. The number of nitrogens with one attached hydrogen (secondary N) is 1. The van der Waals surface area contributed by atoms with Gasteiger partial charge in [0.05, 0.1) is 23.0 Å². The first-order valence-corrected chi connectivity index (χ1v) is 11.0. The highest BCUT2D eigenvalue weighted by Gasteiger charge is 2.33. The molecule has 3 rings (SSSR count). The van der Waals surface area contributed by atoms with E-state index >= 15 is 0 Å². The molecule has 0 aliphatic carbocycles. The topological polar surface area (TPSA) is 108 Å². The molecule has 1 aliphatic heterocycles. The lowest BCUT2D eigenvalue weighted by atomic mass is 10.0. The van der Waals surface area contributed by atoms with Crippen molar-refractivity contribution >= 4 is 21.6 Å². The number of nitriles is 1. The Kier molecular flexibility index (Phi) is 6.05. The van der Waals surface area contributed by atoms with Crippen LogP contribution < -0.4 is 5.32 Å². The number of carbonyl (C=O) groups is 1. The summed E-state index contributed by atoms with van der Waals surface area (Å²) in [6.07, 6.45) is 1.69. The van der Waals surface area contributed by atoms with Gasteiger partial charge in [0.2, 0.25) is 15.9 Å². The van der Waals surface area contributed by atoms with Crippen LogP contribution in [-0.4, -0.2) is 41.5 Å². The summed E-state index contributed by atoms with van der Waals surface area (Å²) in [5, 5.41) is 16.0. The van der Waals surface area contributed by atoms with Gasteiger partial charge in [-0.1, -0.05) is 13.0 Å². The highest BCUT2D eigenvalue weighted by molar-refractivity contribution is 7.89. The van der Waals surface area contributed by atoms with Crippen molar-refractivity contribution in [1.29, 1.82) is 5.26 Å². The smallest absolute Gasteiger partial charge is 0.246 e. The standard InChI is InChI=1S/C20H25N5O3S/c1-14-7-9-24(10-8-14)29(27,28)20-15(2)23-25(16(20)3)13-19(26)22-18-6-4-5-17(11-18)12-21/h4-6,11,14H,7-10,13H2,1-3H3,(H,22,26). The summed E-state index contributed by atoms with van der Waals surface area (Å²) in [5.41, 5.74) is 1.78. The van der Waals surface area contributed by atoms with Crippen molar-refractivity contribution < 1.29 is 13.2 Å². The molecule has 8 nitrogen and oxygen atoms in total. The Morgan fingerprint density at radius 1 is 1.31 bits per heavy atom. The first-order chi connectivity index (χ1) is 13.7. The van der Waals surface area contributed by atoms with E-state index < -0.39 is 10.0 Å². The van der Waals surface area contributed by atoms with Crippen LogP contribution in [0.2, 0.25) is 0 Å². The van der Waals surface area contributed by atoms with Gasteiger partial charge in [-0.05, 0) is 50.8 Å². The third-order valence-electron chi connectivity index (χ3n) is 5.22. The molecule has 0 radical (unpaired) electrons. The van der Waals surface area contributed by atoms with E-state index in [-0.39, 0.29) is 17.3 Å². The molecule has 2 aromatic rings. The van der Waals surface area contributed by atoms with Crippen LogP contribution >= 0.6 is 0 Å². The number of sulfonamides is 1. The zero-order valence-corrected chi connectivity index (χ0v) is 17.7. The summed E-state index contributed by atoms with van der Waals surface area (Å²) in [5.74, 6) is 0.177. The Morgan fingerprint density at radius 3 is 2.66 bits per heavy atom. The van der Waals surface area contributed by atoms with Crippen LogP contribution in [0.4, 0.5) is 5.69 Å². The van der Waals surface area contributed by atoms with Gasteiger partial charge in [-0.25, -0.2) is 8.42 Å². The second-order valence-electron chi connectivity index (χ2n) is 7.48. The van der Waals surface area contributed by atoms with Crippen LogP contribution in [0.1, 0.15) is 36.7 Å². The maximum Gasteiger partial charge on any atom is 0.246 e. The van der Waals surface area contributed by atoms with Crippen molar-refractivity contribution in [3.63, 3.8) is 0 Å². The first kappa shape index (κ1) is 21.0. The summed E-state index contributed by atoms with van der Waals surface area (Å²) in [7, 11) is -3.65. The molecule has 1 aliphatic rings. The predicted octanol–water partition coefficient (Wildman–Crippen LogP) is 2.43. The summed E-state index contributed by atoms with van der Waals surface area (Å²) >= 11 is 0. The number of piperidine rings is 1. The van der Waals surface area contributed by atoms with E-state index in [0.29, 0.717) is 41.6 Å². The lowest BCUT2D eigenvalue weighted by Crippen LogP contribution is -2.38. The molecule has 154 valence electrons.